The molecule has 0 amide bonds. The molecule has 5 heteroatoms. The van der Waals surface area contributed by atoms with Crippen molar-refractivity contribution in [2.75, 3.05) is 20.2 Å². The predicted molar refractivity (Wildman–Crippen MR) is 79.7 cm³/mol. The van der Waals surface area contributed by atoms with Gasteiger partial charge in [0.1, 0.15) is 5.75 Å². The third-order valence-electron chi connectivity index (χ3n) is 3.68. The van der Waals surface area contributed by atoms with Crippen LogP contribution in [-0.4, -0.2) is 32.9 Å². The monoisotopic (exact) mass is 297 g/mol. The standard InChI is InChI=1S/C15H23NO3S/c1-15(2,3)13-11-12(7-8-14(13)19-4)20(17,18)16-9-5-6-10-16/h7-8,11H,5-6,9-10H2,1-4H3. The molecule has 0 radical (unpaired) electrons. The van der Waals surface area contributed by atoms with Gasteiger partial charge < -0.3 is 4.74 Å². The quantitative estimate of drug-likeness (QED) is 0.862. The van der Waals surface area contributed by atoms with Gasteiger partial charge in [0, 0.05) is 18.7 Å². The van der Waals surface area contributed by atoms with Crippen LogP contribution in [0.15, 0.2) is 23.1 Å². The van der Waals surface area contributed by atoms with Crippen molar-refractivity contribution in [2.24, 2.45) is 0 Å². The fourth-order valence-electron chi connectivity index (χ4n) is 2.51. The number of hydrogen-bond acceptors (Lipinski definition) is 3. The summed E-state index contributed by atoms with van der Waals surface area (Å²) in [5.41, 5.74) is 0.752. The summed E-state index contributed by atoms with van der Waals surface area (Å²) in [4.78, 5) is 0.366. The highest BCUT2D eigenvalue weighted by Crippen LogP contribution is 2.34. The Hall–Kier alpha value is -1.07. The van der Waals surface area contributed by atoms with E-state index in [4.69, 9.17) is 4.74 Å². The minimum absolute atomic E-state index is 0.165. The van der Waals surface area contributed by atoms with Crippen LogP contribution in [0.4, 0.5) is 0 Å². The number of rotatable bonds is 3. The zero-order valence-electron chi connectivity index (χ0n) is 12.6. The smallest absolute Gasteiger partial charge is 0.243 e. The van der Waals surface area contributed by atoms with Gasteiger partial charge >= 0.3 is 0 Å². The number of methoxy groups -OCH3 is 1. The van der Waals surface area contributed by atoms with Gasteiger partial charge in [-0.3, -0.25) is 0 Å². The number of sulfonamides is 1. The minimum Gasteiger partial charge on any atom is -0.496 e. The van der Waals surface area contributed by atoms with Gasteiger partial charge in [0.05, 0.1) is 12.0 Å². The molecule has 1 aromatic rings. The van der Waals surface area contributed by atoms with Crippen molar-refractivity contribution in [2.45, 2.75) is 43.9 Å². The van der Waals surface area contributed by atoms with Gasteiger partial charge in [-0.15, -0.1) is 0 Å². The molecule has 20 heavy (non-hydrogen) atoms. The first-order chi connectivity index (χ1) is 9.26. The van der Waals surface area contributed by atoms with Crippen molar-refractivity contribution in [3.8, 4) is 5.75 Å². The summed E-state index contributed by atoms with van der Waals surface area (Å²) in [6.07, 6.45) is 1.89. The van der Waals surface area contributed by atoms with E-state index >= 15 is 0 Å². The molecule has 1 heterocycles. The van der Waals surface area contributed by atoms with Crippen LogP contribution >= 0.6 is 0 Å². The Labute approximate surface area is 121 Å². The first-order valence-corrected chi connectivity index (χ1v) is 8.39. The lowest BCUT2D eigenvalue weighted by molar-refractivity contribution is 0.396. The molecule has 1 aromatic carbocycles. The first-order valence-electron chi connectivity index (χ1n) is 6.95. The SMILES string of the molecule is COc1ccc(S(=O)(=O)N2CCCC2)cc1C(C)(C)C. The van der Waals surface area contributed by atoms with Crippen LogP contribution in [0.5, 0.6) is 5.75 Å². The Morgan fingerprint density at radius 1 is 1.15 bits per heavy atom. The van der Waals surface area contributed by atoms with Gasteiger partial charge in [-0.2, -0.15) is 4.31 Å². The Bertz CT molecular complexity index is 582. The molecule has 0 N–H and O–H groups in total. The second-order valence-corrected chi connectivity index (χ2v) is 8.16. The summed E-state index contributed by atoms with van der Waals surface area (Å²) in [5, 5.41) is 0. The highest BCUT2D eigenvalue weighted by Gasteiger charge is 2.29. The van der Waals surface area contributed by atoms with Gasteiger partial charge in [-0.25, -0.2) is 8.42 Å². The molecule has 0 unspecified atom stereocenters. The van der Waals surface area contributed by atoms with E-state index in [1.165, 1.54) is 0 Å². The van der Waals surface area contributed by atoms with Crippen molar-refractivity contribution < 1.29 is 13.2 Å². The van der Waals surface area contributed by atoms with Crippen molar-refractivity contribution in [3.05, 3.63) is 23.8 Å². The molecule has 1 aliphatic rings. The van der Waals surface area contributed by atoms with Crippen LogP contribution in [0, 0.1) is 0 Å². The highest BCUT2D eigenvalue weighted by molar-refractivity contribution is 7.89. The second kappa shape index (κ2) is 5.37. The molecule has 0 aromatic heterocycles. The number of benzene rings is 1. The average molecular weight is 297 g/mol. The van der Waals surface area contributed by atoms with Gasteiger partial charge in [0.15, 0.2) is 0 Å². The molecule has 1 aliphatic heterocycles. The maximum atomic E-state index is 12.6. The second-order valence-electron chi connectivity index (χ2n) is 6.22. The molecule has 1 saturated heterocycles. The molecule has 2 rings (SSSR count). The van der Waals surface area contributed by atoms with E-state index in [2.05, 4.69) is 20.8 Å². The molecular weight excluding hydrogens is 274 g/mol. The van der Waals surface area contributed by atoms with Crippen molar-refractivity contribution >= 4 is 10.0 Å². The van der Waals surface area contributed by atoms with E-state index in [9.17, 15) is 8.42 Å². The number of hydrogen-bond donors (Lipinski definition) is 0. The summed E-state index contributed by atoms with van der Waals surface area (Å²) in [6, 6.07) is 5.15. The molecule has 1 fully saturated rings. The first kappa shape index (κ1) is 15.3. The zero-order valence-corrected chi connectivity index (χ0v) is 13.5. The lowest BCUT2D eigenvalue weighted by Gasteiger charge is -2.24. The predicted octanol–water partition coefficient (Wildman–Crippen LogP) is 2.78. The minimum atomic E-state index is -3.37. The number of nitrogens with zero attached hydrogens (tertiary/aromatic N) is 1. The lowest BCUT2D eigenvalue weighted by Crippen LogP contribution is -2.28. The van der Waals surface area contributed by atoms with Crippen molar-refractivity contribution in [1.29, 1.82) is 0 Å². The van der Waals surface area contributed by atoms with Gasteiger partial charge in [-0.1, -0.05) is 20.8 Å². The van der Waals surface area contributed by atoms with Crippen LogP contribution in [0.25, 0.3) is 0 Å². The Balaban J connectivity index is 2.48. The summed E-state index contributed by atoms with van der Waals surface area (Å²) in [5.74, 6) is 0.734. The average Bonchev–Trinajstić information content (AvgIpc) is 2.91. The third kappa shape index (κ3) is 2.83. The van der Waals surface area contributed by atoms with Crippen molar-refractivity contribution in [3.63, 3.8) is 0 Å². The molecule has 0 atom stereocenters. The zero-order chi connectivity index (χ0) is 15.0. The van der Waals surface area contributed by atoms with Crippen LogP contribution in [0.1, 0.15) is 39.2 Å². The summed E-state index contributed by atoms with van der Waals surface area (Å²) >= 11 is 0. The van der Waals surface area contributed by atoms with Crippen molar-refractivity contribution in [1.82, 2.24) is 4.31 Å². The maximum absolute atomic E-state index is 12.6. The van der Waals surface area contributed by atoms with E-state index in [0.717, 1.165) is 24.2 Å². The molecule has 0 aliphatic carbocycles. The third-order valence-corrected chi connectivity index (χ3v) is 5.58. The van der Waals surface area contributed by atoms with Gasteiger partial charge in [0.25, 0.3) is 0 Å². The Kier molecular flexibility index (Phi) is 4.12. The van der Waals surface area contributed by atoms with Crippen LogP contribution < -0.4 is 4.74 Å². The van der Waals surface area contributed by atoms with Crippen LogP contribution in [0.3, 0.4) is 0 Å². The normalized spacial score (nSPS) is 17.4. The molecule has 4 nitrogen and oxygen atoms in total. The van der Waals surface area contributed by atoms with Gasteiger partial charge in [-0.05, 0) is 36.5 Å². The lowest BCUT2D eigenvalue weighted by atomic mass is 9.86. The van der Waals surface area contributed by atoms with E-state index in [-0.39, 0.29) is 5.41 Å². The summed E-state index contributed by atoms with van der Waals surface area (Å²) in [6.45, 7) is 7.41. The highest BCUT2D eigenvalue weighted by atomic mass is 32.2. The summed E-state index contributed by atoms with van der Waals surface area (Å²) < 4.78 is 32.1. The Morgan fingerprint density at radius 3 is 2.25 bits per heavy atom. The van der Waals surface area contributed by atoms with E-state index in [0.29, 0.717) is 18.0 Å². The summed E-state index contributed by atoms with van der Waals surface area (Å²) in [7, 11) is -1.76. The van der Waals surface area contributed by atoms with E-state index < -0.39 is 10.0 Å². The van der Waals surface area contributed by atoms with E-state index in [1.54, 1.807) is 29.6 Å². The van der Waals surface area contributed by atoms with Gasteiger partial charge in [0.2, 0.25) is 10.0 Å². The molecule has 0 bridgehead atoms. The van der Waals surface area contributed by atoms with E-state index in [1.807, 2.05) is 0 Å². The van der Waals surface area contributed by atoms with Crippen LogP contribution in [-0.2, 0) is 15.4 Å². The Morgan fingerprint density at radius 2 is 1.75 bits per heavy atom. The topological polar surface area (TPSA) is 46.6 Å². The van der Waals surface area contributed by atoms with Crippen LogP contribution in [0.2, 0.25) is 0 Å². The molecule has 0 saturated carbocycles. The molecular formula is C15H23NO3S. The number of ether oxygens (including phenoxy) is 1. The molecule has 112 valence electrons. The largest absolute Gasteiger partial charge is 0.496 e. The molecule has 0 spiro atoms. The maximum Gasteiger partial charge on any atom is 0.243 e. The fourth-order valence-corrected chi connectivity index (χ4v) is 4.06. The fraction of sp³-hybridized carbons (Fsp3) is 0.600.